The molecule has 0 bridgehead atoms. The number of nitrogens with zero attached hydrogens (tertiary/aromatic N) is 4. The number of ether oxygens (including phenoxy) is 1. The van der Waals surface area contributed by atoms with Gasteiger partial charge in [-0.05, 0) is 42.9 Å². The van der Waals surface area contributed by atoms with Gasteiger partial charge in [-0.3, -0.25) is 0 Å². The molecule has 0 saturated carbocycles. The van der Waals surface area contributed by atoms with Crippen LogP contribution in [0.3, 0.4) is 0 Å². The SMILES string of the molecule is C=C(N=C(OC)C1CC(c2ccc(C(F)(F)F)cc2)CN(C(=O)N2CCC(C#N)CC2)C1)C(C)C. The Morgan fingerprint density at radius 3 is 2.31 bits per heavy atom. The minimum Gasteiger partial charge on any atom is -0.484 e. The zero-order valence-electron chi connectivity index (χ0n) is 20.5. The van der Waals surface area contributed by atoms with E-state index in [1.165, 1.54) is 19.2 Å². The molecule has 2 unspecified atom stereocenters. The van der Waals surface area contributed by atoms with Crippen molar-refractivity contribution in [1.29, 1.82) is 5.26 Å². The van der Waals surface area contributed by atoms with Gasteiger partial charge in [0.05, 0.1) is 24.7 Å². The number of carbonyl (C=O) groups excluding carboxylic acids is 1. The second-order valence-corrected chi connectivity index (χ2v) is 9.63. The number of amides is 2. The Kier molecular flexibility index (Phi) is 8.47. The molecule has 35 heavy (non-hydrogen) atoms. The maximum absolute atomic E-state index is 13.4. The van der Waals surface area contributed by atoms with E-state index in [1.54, 1.807) is 9.80 Å². The fourth-order valence-electron chi connectivity index (χ4n) is 4.59. The number of benzene rings is 1. The average Bonchev–Trinajstić information content (AvgIpc) is 2.85. The Balaban J connectivity index is 1.87. The first-order valence-corrected chi connectivity index (χ1v) is 12.0. The van der Waals surface area contributed by atoms with Crippen LogP contribution >= 0.6 is 0 Å². The Hall–Kier alpha value is -3.02. The lowest BCUT2D eigenvalue weighted by atomic mass is 9.84. The number of nitriles is 1. The highest BCUT2D eigenvalue weighted by Crippen LogP contribution is 2.35. The standard InChI is InChI=1S/C26H33F3N4O2/c1-17(2)18(3)31-24(35-4)22-13-21(20-5-7-23(8-6-20)26(27,28)29)15-33(16-22)25(34)32-11-9-19(14-30)10-12-32/h5-8,17,19,21-22H,3,9-13,15-16H2,1-2,4H3. The number of urea groups is 1. The van der Waals surface area contributed by atoms with E-state index in [9.17, 15) is 18.0 Å². The van der Waals surface area contributed by atoms with Crippen molar-refractivity contribution in [2.24, 2.45) is 22.7 Å². The largest absolute Gasteiger partial charge is 0.484 e. The van der Waals surface area contributed by atoms with Crippen molar-refractivity contribution in [3.63, 3.8) is 0 Å². The Labute approximate surface area is 205 Å². The van der Waals surface area contributed by atoms with Gasteiger partial charge in [0, 0.05) is 43.7 Å². The fourth-order valence-corrected chi connectivity index (χ4v) is 4.59. The predicted molar refractivity (Wildman–Crippen MR) is 128 cm³/mol. The number of carbonyl (C=O) groups is 1. The number of hydrogen-bond donors (Lipinski definition) is 0. The summed E-state index contributed by atoms with van der Waals surface area (Å²) in [6, 6.07) is 7.31. The molecule has 0 N–H and O–H groups in total. The van der Waals surface area contributed by atoms with Crippen LogP contribution in [-0.2, 0) is 10.9 Å². The Morgan fingerprint density at radius 2 is 1.80 bits per heavy atom. The number of alkyl halides is 3. The molecular weight excluding hydrogens is 457 g/mol. The number of rotatable bonds is 4. The molecule has 2 saturated heterocycles. The van der Waals surface area contributed by atoms with Crippen LogP contribution in [0.1, 0.15) is 50.2 Å². The number of piperidine rings is 2. The van der Waals surface area contributed by atoms with Gasteiger partial charge in [0.2, 0.25) is 0 Å². The number of halogens is 3. The van der Waals surface area contributed by atoms with Crippen molar-refractivity contribution in [3.05, 3.63) is 47.7 Å². The summed E-state index contributed by atoms with van der Waals surface area (Å²) >= 11 is 0. The highest BCUT2D eigenvalue weighted by molar-refractivity contribution is 5.82. The van der Waals surface area contributed by atoms with Crippen LogP contribution in [0.4, 0.5) is 18.0 Å². The van der Waals surface area contributed by atoms with Crippen molar-refractivity contribution in [2.45, 2.75) is 45.2 Å². The van der Waals surface area contributed by atoms with E-state index in [0.717, 1.165) is 17.7 Å². The highest BCUT2D eigenvalue weighted by atomic mass is 19.4. The quantitative estimate of drug-likeness (QED) is 0.403. The third kappa shape index (κ3) is 6.56. The van der Waals surface area contributed by atoms with Gasteiger partial charge < -0.3 is 14.5 Å². The Bertz CT molecular complexity index is 974. The fraction of sp³-hybridized carbons (Fsp3) is 0.577. The molecule has 0 spiro atoms. The smallest absolute Gasteiger partial charge is 0.416 e. The van der Waals surface area contributed by atoms with Crippen LogP contribution in [0, 0.1) is 29.1 Å². The zero-order chi connectivity index (χ0) is 25.8. The van der Waals surface area contributed by atoms with Gasteiger partial charge in [0.25, 0.3) is 0 Å². The molecule has 0 aliphatic carbocycles. The lowest BCUT2D eigenvalue weighted by molar-refractivity contribution is -0.137. The van der Waals surface area contributed by atoms with Gasteiger partial charge in [-0.2, -0.15) is 18.4 Å². The zero-order valence-corrected chi connectivity index (χ0v) is 20.5. The van der Waals surface area contributed by atoms with Gasteiger partial charge in [-0.15, -0.1) is 0 Å². The van der Waals surface area contributed by atoms with Crippen LogP contribution in [-0.4, -0.2) is 55.0 Å². The molecule has 0 radical (unpaired) electrons. The average molecular weight is 491 g/mol. The molecule has 2 atom stereocenters. The first kappa shape index (κ1) is 26.6. The van der Waals surface area contributed by atoms with Crippen LogP contribution in [0.2, 0.25) is 0 Å². The van der Waals surface area contributed by atoms with Crippen LogP contribution < -0.4 is 0 Å². The number of allylic oxidation sites excluding steroid dienone is 1. The van der Waals surface area contributed by atoms with Gasteiger partial charge in [-0.1, -0.05) is 32.6 Å². The second-order valence-electron chi connectivity index (χ2n) is 9.63. The first-order valence-electron chi connectivity index (χ1n) is 12.0. The van der Waals surface area contributed by atoms with E-state index >= 15 is 0 Å². The van der Waals surface area contributed by atoms with Crippen molar-refractivity contribution in [2.75, 3.05) is 33.3 Å². The van der Waals surface area contributed by atoms with E-state index in [2.05, 4.69) is 17.6 Å². The van der Waals surface area contributed by atoms with Gasteiger partial charge >= 0.3 is 12.2 Å². The van der Waals surface area contributed by atoms with Crippen molar-refractivity contribution < 1.29 is 22.7 Å². The summed E-state index contributed by atoms with van der Waals surface area (Å²) in [7, 11) is 1.53. The predicted octanol–water partition coefficient (Wildman–Crippen LogP) is 5.68. The van der Waals surface area contributed by atoms with E-state index < -0.39 is 11.7 Å². The number of aliphatic imine (C=N–C) groups is 1. The summed E-state index contributed by atoms with van der Waals surface area (Å²) in [5.41, 5.74) is 0.700. The molecule has 1 aromatic rings. The van der Waals surface area contributed by atoms with Gasteiger partial charge in [-0.25, -0.2) is 9.79 Å². The highest BCUT2D eigenvalue weighted by Gasteiger charge is 2.37. The summed E-state index contributed by atoms with van der Waals surface area (Å²) in [5.74, 6) is 0.152. The molecule has 0 aromatic heterocycles. The number of methoxy groups -OCH3 is 1. The normalized spacial score (nSPS) is 22.2. The van der Waals surface area contributed by atoms with Crippen molar-refractivity contribution >= 4 is 11.9 Å². The Morgan fingerprint density at radius 1 is 1.17 bits per heavy atom. The third-order valence-electron chi connectivity index (χ3n) is 6.86. The minimum atomic E-state index is -4.40. The summed E-state index contributed by atoms with van der Waals surface area (Å²) < 4.78 is 44.8. The van der Waals surface area contributed by atoms with E-state index in [1.807, 2.05) is 13.8 Å². The van der Waals surface area contributed by atoms with E-state index in [0.29, 0.717) is 57.0 Å². The number of likely N-dealkylation sites (tertiary alicyclic amines) is 2. The lowest BCUT2D eigenvalue weighted by Crippen LogP contribution is -2.52. The van der Waals surface area contributed by atoms with E-state index in [4.69, 9.17) is 10.00 Å². The lowest BCUT2D eigenvalue weighted by Gasteiger charge is -2.41. The molecule has 2 aliphatic heterocycles. The van der Waals surface area contributed by atoms with Crippen molar-refractivity contribution in [3.8, 4) is 6.07 Å². The molecule has 190 valence electrons. The molecule has 2 fully saturated rings. The molecule has 2 heterocycles. The first-order chi connectivity index (χ1) is 16.5. The summed E-state index contributed by atoms with van der Waals surface area (Å²) in [4.78, 5) is 21.5. The second kappa shape index (κ2) is 11.1. The monoisotopic (exact) mass is 490 g/mol. The molecule has 2 aliphatic rings. The maximum atomic E-state index is 13.4. The molecule has 9 heteroatoms. The van der Waals surface area contributed by atoms with Crippen LogP contribution in [0.25, 0.3) is 0 Å². The third-order valence-corrected chi connectivity index (χ3v) is 6.86. The van der Waals surface area contributed by atoms with Gasteiger partial charge in [0.15, 0.2) is 5.90 Å². The summed E-state index contributed by atoms with van der Waals surface area (Å²) in [6.07, 6.45) is -2.54. The van der Waals surface area contributed by atoms with E-state index in [-0.39, 0.29) is 29.7 Å². The molecule has 1 aromatic carbocycles. The topological polar surface area (TPSA) is 68.9 Å². The van der Waals surface area contributed by atoms with Crippen LogP contribution in [0.15, 0.2) is 41.5 Å². The van der Waals surface area contributed by atoms with Gasteiger partial charge in [0.1, 0.15) is 0 Å². The molecule has 3 rings (SSSR count). The molecular formula is C26H33F3N4O2. The molecule has 6 nitrogen and oxygen atoms in total. The minimum absolute atomic E-state index is 0.0395. The summed E-state index contributed by atoms with van der Waals surface area (Å²) in [6.45, 7) is 9.77. The number of hydrogen-bond acceptors (Lipinski definition) is 4. The summed E-state index contributed by atoms with van der Waals surface area (Å²) in [5, 5.41) is 9.16. The maximum Gasteiger partial charge on any atom is 0.416 e. The molecule has 2 amide bonds. The van der Waals surface area contributed by atoms with Crippen LogP contribution in [0.5, 0.6) is 0 Å². The van der Waals surface area contributed by atoms with Crippen molar-refractivity contribution in [1.82, 2.24) is 9.80 Å².